The molecule has 1 amide bonds. The topological polar surface area (TPSA) is 78.0 Å². The first kappa shape index (κ1) is 13.3. The van der Waals surface area contributed by atoms with Crippen molar-refractivity contribution in [3.63, 3.8) is 0 Å². The van der Waals surface area contributed by atoms with Gasteiger partial charge in [-0.3, -0.25) is 9.89 Å². The lowest BCUT2D eigenvalue weighted by atomic mass is 10.2. The van der Waals surface area contributed by atoms with Crippen molar-refractivity contribution in [1.82, 2.24) is 10.2 Å². The lowest BCUT2D eigenvalue weighted by Crippen LogP contribution is -2.12. The largest absolute Gasteiger partial charge is 0.384 e. The molecule has 0 spiro atoms. The number of nitrogens with zero attached hydrogens (tertiary/aromatic N) is 1. The van der Waals surface area contributed by atoms with Crippen molar-refractivity contribution in [3.8, 4) is 11.8 Å². The number of hydrogen-bond donors (Lipinski definition) is 3. The van der Waals surface area contributed by atoms with Crippen LogP contribution in [0.3, 0.4) is 0 Å². The summed E-state index contributed by atoms with van der Waals surface area (Å²) in [6.45, 7) is 3.44. The van der Waals surface area contributed by atoms with Crippen LogP contribution in [0, 0.1) is 25.7 Å². The number of anilines is 1. The van der Waals surface area contributed by atoms with E-state index in [2.05, 4.69) is 27.4 Å². The minimum atomic E-state index is -0.225. The maximum absolute atomic E-state index is 12.2. The van der Waals surface area contributed by atoms with Gasteiger partial charge in [0.25, 0.3) is 5.91 Å². The summed E-state index contributed by atoms with van der Waals surface area (Å²) in [4.78, 5) is 12.7. The lowest BCUT2D eigenvalue weighted by Gasteiger charge is -2.03. The predicted molar refractivity (Wildman–Crippen MR) is 74.3 cm³/mol. The van der Waals surface area contributed by atoms with Crippen LogP contribution in [0.15, 0.2) is 11.4 Å². The van der Waals surface area contributed by atoms with Crippen LogP contribution in [0.1, 0.15) is 26.6 Å². The minimum Gasteiger partial charge on any atom is -0.384 e. The van der Waals surface area contributed by atoms with Crippen LogP contribution in [-0.4, -0.2) is 27.8 Å². The van der Waals surface area contributed by atoms with Crippen molar-refractivity contribution < 1.29 is 9.90 Å². The third-order valence-corrected chi connectivity index (χ3v) is 3.45. The number of nitrogens with one attached hydrogen (secondary N) is 2. The Bertz CT molecular complexity index is 641. The molecule has 6 heteroatoms. The smallest absolute Gasteiger partial charge is 0.267 e. The fraction of sp³-hybridized carbons (Fsp3) is 0.231. The third-order valence-electron chi connectivity index (χ3n) is 2.54. The summed E-state index contributed by atoms with van der Waals surface area (Å²) in [5.74, 6) is 5.08. The summed E-state index contributed by atoms with van der Waals surface area (Å²) in [5, 5.41) is 20.2. The molecule has 2 rings (SSSR count). The maximum atomic E-state index is 12.2. The maximum Gasteiger partial charge on any atom is 0.267 e. The van der Waals surface area contributed by atoms with Crippen LogP contribution in [-0.2, 0) is 0 Å². The molecule has 19 heavy (non-hydrogen) atoms. The normalized spacial score (nSPS) is 9.84. The van der Waals surface area contributed by atoms with Crippen LogP contribution < -0.4 is 5.32 Å². The van der Waals surface area contributed by atoms with E-state index in [1.54, 1.807) is 11.4 Å². The van der Waals surface area contributed by atoms with Crippen molar-refractivity contribution in [2.45, 2.75) is 13.8 Å². The van der Waals surface area contributed by atoms with Crippen molar-refractivity contribution >= 4 is 22.9 Å². The second kappa shape index (κ2) is 5.69. The first-order valence-corrected chi connectivity index (χ1v) is 6.51. The molecule has 0 saturated carbocycles. The highest BCUT2D eigenvalue weighted by molar-refractivity contribution is 7.12. The molecule has 0 radical (unpaired) electrons. The van der Waals surface area contributed by atoms with E-state index < -0.39 is 0 Å². The van der Waals surface area contributed by atoms with Crippen molar-refractivity contribution in [1.29, 1.82) is 0 Å². The first-order valence-electron chi connectivity index (χ1n) is 5.63. The number of aliphatic hydroxyl groups is 1. The van der Waals surface area contributed by atoms with Crippen LogP contribution in [0.2, 0.25) is 0 Å². The fourth-order valence-electron chi connectivity index (χ4n) is 1.62. The van der Waals surface area contributed by atoms with E-state index in [1.165, 1.54) is 11.3 Å². The summed E-state index contributed by atoms with van der Waals surface area (Å²) in [6, 6.07) is 1.76. The van der Waals surface area contributed by atoms with Crippen LogP contribution in [0.25, 0.3) is 0 Å². The molecule has 0 fully saturated rings. The molecular weight excluding hydrogens is 262 g/mol. The van der Waals surface area contributed by atoms with Crippen molar-refractivity contribution in [3.05, 3.63) is 33.3 Å². The van der Waals surface area contributed by atoms with Gasteiger partial charge in [-0.15, -0.1) is 11.3 Å². The minimum absolute atomic E-state index is 0.218. The number of amides is 1. The second-order valence-corrected chi connectivity index (χ2v) is 4.80. The predicted octanol–water partition coefficient (Wildman–Crippen LogP) is 1.68. The quantitative estimate of drug-likeness (QED) is 0.730. The zero-order valence-corrected chi connectivity index (χ0v) is 11.4. The zero-order valence-electron chi connectivity index (χ0n) is 10.6. The molecule has 0 atom stereocenters. The highest BCUT2D eigenvalue weighted by Crippen LogP contribution is 2.21. The van der Waals surface area contributed by atoms with Gasteiger partial charge in [0.1, 0.15) is 11.5 Å². The van der Waals surface area contributed by atoms with Gasteiger partial charge in [0.05, 0.1) is 17.1 Å². The number of aryl methyl sites for hydroxylation is 2. The summed E-state index contributed by atoms with van der Waals surface area (Å²) in [5.41, 5.74) is 2.87. The average molecular weight is 275 g/mol. The van der Waals surface area contributed by atoms with E-state index in [-0.39, 0.29) is 12.5 Å². The van der Waals surface area contributed by atoms with E-state index in [4.69, 9.17) is 5.11 Å². The van der Waals surface area contributed by atoms with Gasteiger partial charge in [-0.25, -0.2) is 0 Å². The zero-order chi connectivity index (χ0) is 13.8. The van der Waals surface area contributed by atoms with Gasteiger partial charge in [0, 0.05) is 5.56 Å². The van der Waals surface area contributed by atoms with Gasteiger partial charge in [-0.05, 0) is 25.3 Å². The molecule has 0 aliphatic carbocycles. The Kier molecular flexibility index (Phi) is 4.00. The van der Waals surface area contributed by atoms with E-state index in [0.29, 0.717) is 16.1 Å². The van der Waals surface area contributed by atoms with E-state index in [1.807, 2.05) is 13.8 Å². The summed E-state index contributed by atoms with van der Waals surface area (Å²) >= 11 is 1.31. The average Bonchev–Trinajstić information content (AvgIpc) is 2.97. The Labute approximate surface area is 114 Å². The molecule has 0 unspecified atom stereocenters. The molecule has 98 valence electrons. The van der Waals surface area contributed by atoms with Crippen molar-refractivity contribution in [2.24, 2.45) is 0 Å². The fourth-order valence-corrected chi connectivity index (χ4v) is 2.37. The van der Waals surface area contributed by atoms with Crippen molar-refractivity contribution in [2.75, 3.05) is 11.9 Å². The molecule has 0 saturated heterocycles. The van der Waals surface area contributed by atoms with Gasteiger partial charge >= 0.3 is 0 Å². The molecule has 3 N–H and O–H groups in total. The number of hydrogen-bond acceptors (Lipinski definition) is 4. The van der Waals surface area contributed by atoms with E-state index in [0.717, 1.165) is 11.4 Å². The number of H-pyrrole nitrogens is 1. The van der Waals surface area contributed by atoms with E-state index in [9.17, 15) is 4.79 Å². The molecule has 0 aromatic carbocycles. The van der Waals surface area contributed by atoms with Gasteiger partial charge in [-0.2, -0.15) is 5.10 Å². The monoisotopic (exact) mass is 275 g/mol. The lowest BCUT2D eigenvalue weighted by molar-refractivity contribution is 0.103. The Morgan fingerprint density at radius 3 is 3.00 bits per heavy atom. The number of aromatic nitrogens is 2. The molecule has 5 nitrogen and oxygen atoms in total. The summed E-state index contributed by atoms with van der Waals surface area (Å²) < 4.78 is 0. The Morgan fingerprint density at radius 2 is 2.37 bits per heavy atom. The van der Waals surface area contributed by atoms with Gasteiger partial charge in [0.15, 0.2) is 0 Å². The SMILES string of the molecule is Cc1n[nH]c(C)c1NC(=O)c1sccc1C#CCO. The number of aromatic amines is 1. The molecule has 0 bridgehead atoms. The third kappa shape index (κ3) is 2.84. The molecule has 0 aliphatic rings. The van der Waals surface area contributed by atoms with Crippen LogP contribution in [0.5, 0.6) is 0 Å². The molecule has 2 aromatic rings. The number of carbonyl (C=O) groups is 1. The summed E-state index contributed by atoms with van der Waals surface area (Å²) in [6.07, 6.45) is 0. The number of carbonyl (C=O) groups excluding carboxylic acids is 1. The summed E-state index contributed by atoms with van der Waals surface area (Å²) in [7, 11) is 0. The van der Waals surface area contributed by atoms with Crippen LogP contribution in [0.4, 0.5) is 5.69 Å². The molecule has 2 aromatic heterocycles. The number of rotatable bonds is 2. The number of aliphatic hydroxyl groups excluding tert-OH is 1. The Balaban J connectivity index is 2.24. The Morgan fingerprint density at radius 1 is 1.58 bits per heavy atom. The van der Waals surface area contributed by atoms with Gasteiger partial charge in [0.2, 0.25) is 0 Å². The highest BCUT2D eigenvalue weighted by atomic mass is 32.1. The first-order chi connectivity index (χ1) is 9.13. The molecular formula is C13H13N3O2S. The standard InChI is InChI=1S/C13H13N3O2S/c1-8-11(9(2)16-15-8)14-13(18)12-10(4-3-6-17)5-7-19-12/h5,7,17H,6H2,1-2H3,(H,14,18)(H,15,16). The molecule has 0 aliphatic heterocycles. The van der Waals surface area contributed by atoms with Gasteiger partial charge in [-0.1, -0.05) is 11.8 Å². The van der Waals surface area contributed by atoms with Crippen LogP contribution >= 0.6 is 11.3 Å². The highest BCUT2D eigenvalue weighted by Gasteiger charge is 2.15. The number of thiophene rings is 1. The van der Waals surface area contributed by atoms with Gasteiger partial charge < -0.3 is 10.4 Å². The molecule has 2 heterocycles. The van der Waals surface area contributed by atoms with E-state index >= 15 is 0 Å². The Hall–Kier alpha value is -2.10. The second-order valence-electron chi connectivity index (χ2n) is 3.89.